The van der Waals surface area contributed by atoms with Crippen molar-refractivity contribution in [3.63, 3.8) is 0 Å². The Morgan fingerprint density at radius 1 is 1.57 bits per heavy atom. The van der Waals surface area contributed by atoms with Crippen molar-refractivity contribution in [2.75, 3.05) is 26.7 Å². The molecule has 0 aromatic heterocycles. The van der Waals surface area contributed by atoms with Gasteiger partial charge in [-0.05, 0) is 13.8 Å². The monoisotopic (exact) mass is 198 g/mol. The van der Waals surface area contributed by atoms with Crippen LogP contribution in [0.2, 0.25) is 0 Å². The SMILES string of the molecule is CC(=O)CN1CCC(=O)N(C)C(C)C1. The molecule has 0 saturated carbocycles. The Morgan fingerprint density at radius 3 is 2.79 bits per heavy atom. The maximum Gasteiger partial charge on any atom is 0.223 e. The van der Waals surface area contributed by atoms with Gasteiger partial charge in [0.15, 0.2) is 0 Å². The molecule has 0 N–H and O–H groups in total. The van der Waals surface area contributed by atoms with Crippen molar-refractivity contribution in [1.82, 2.24) is 9.80 Å². The van der Waals surface area contributed by atoms with Gasteiger partial charge in [-0.1, -0.05) is 0 Å². The molecule has 0 aliphatic carbocycles. The minimum atomic E-state index is 0.161. The van der Waals surface area contributed by atoms with Crippen LogP contribution in [0.5, 0.6) is 0 Å². The molecule has 0 spiro atoms. The van der Waals surface area contributed by atoms with Crippen LogP contribution in [0.25, 0.3) is 0 Å². The van der Waals surface area contributed by atoms with E-state index in [1.165, 1.54) is 0 Å². The lowest BCUT2D eigenvalue weighted by molar-refractivity contribution is -0.130. The molecule has 0 aromatic rings. The number of hydrogen-bond acceptors (Lipinski definition) is 3. The van der Waals surface area contributed by atoms with Crippen LogP contribution in [0.15, 0.2) is 0 Å². The van der Waals surface area contributed by atoms with E-state index in [0.717, 1.165) is 6.54 Å². The molecule has 1 fully saturated rings. The van der Waals surface area contributed by atoms with Crippen molar-refractivity contribution < 1.29 is 9.59 Å². The number of carbonyl (C=O) groups excluding carboxylic acids is 2. The average molecular weight is 198 g/mol. The average Bonchev–Trinajstić information content (AvgIpc) is 2.19. The van der Waals surface area contributed by atoms with Crippen LogP contribution in [-0.2, 0) is 9.59 Å². The molecule has 80 valence electrons. The number of Topliss-reactive ketones (excluding diaryl/α,β-unsaturated/α-hetero) is 1. The van der Waals surface area contributed by atoms with Crippen molar-refractivity contribution in [2.24, 2.45) is 0 Å². The van der Waals surface area contributed by atoms with Crippen molar-refractivity contribution in [1.29, 1.82) is 0 Å². The first-order valence-corrected chi connectivity index (χ1v) is 4.98. The van der Waals surface area contributed by atoms with E-state index in [1.807, 2.05) is 14.0 Å². The predicted molar refractivity (Wildman–Crippen MR) is 54.0 cm³/mol. The van der Waals surface area contributed by atoms with Crippen molar-refractivity contribution >= 4 is 11.7 Å². The topological polar surface area (TPSA) is 40.6 Å². The van der Waals surface area contributed by atoms with Gasteiger partial charge in [-0.3, -0.25) is 14.5 Å². The second-order valence-corrected chi connectivity index (χ2v) is 4.04. The number of amides is 1. The second kappa shape index (κ2) is 4.55. The number of likely N-dealkylation sites (N-methyl/N-ethyl adjacent to an activating group) is 1. The predicted octanol–water partition coefficient (Wildman–Crippen LogP) is 0.128. The number of rotatable bonds is 2. The fourth-order valence-corrected chi connectivity index (χ4v) is 1.72. The zero-order valence-electron chi connectivity index (χ0n) is 9.12. The highest BCUT2D eigenvalue weighted by molar-refractivity contribution is 5.78. The number of ketones is 1. The van der Waals surface area contributed by atoms with Gasteiger partial charge in [0.1, 0.15) is 5.78 Å². The van der Waals surface area contributed by atoms with E-state index in [-0.39, 0.29) is 17.7 Å². The number of carbonyl (C=O) groups is 2. The first-order valence-electron chi connectivity index (χ1n) is 4.98. The second-order valence-electron chi connectivity index (χ2n) is 4.04. The highest BCUT2D eigenvalue weighted by Crippen LogP contribution is 2.08. The third kappa shape index (κ3) is 2.80. The summed E-state index contributed by atoms with van der Waals surface area (Å²) in [5.41, 5.74) is 0. The lowest BCUT2D eigenvalue weighted by Gasteiger charge is -2.25. The fraction of sp³-hybridized carbons (Fsp3) is 0.800. The molecule has 1 unspecified atom stereocenters. The van der Waals surface area contributed by atoms with E-state index >= 15 is 0 Å². The van der Waals surface area contributed by atoms with Gasteiger partial charge in [0.05, 0.1) is 6.54 Å². The highest BCUT2D eigenvalue weighted by atomic mass is 16.2. The summed E-state index contributed by atoms with van der Waals surface area (Å²) in [7, 11) is 1.82. The molecule has 1 aliphatic heterocycles. The normalized spacial score (nSPS) is 24.9. The van der Waals surface area contributed by atoms with Crippen LogP contribution in [-0.4, -0.2) is 54.2 Å². The summed E-state index contributed by atoms with van der Waals surface area (Å²) in [6.07, 6.45) is 0.522. The van der Waals surface area contributed by atoms with Crippen LogP contribution in [0.4, 0.5) is 0 Å². The molecule has 1 aliphatic rings. The van der Waals surface area contributed by atoms with Crippen LogP contribution in [0, 0.1) is 0 Å². The van der Waals surface area contributed by atoms with Crippen LogP contribution in [0.1, 0.15) is 20.3 Å². The van der Waals surface area contributed by atoms with E-state index in [0.29, 0.717) is 19.5 Å². The Kier molecular flexibility index (Phi) is 3.63. The van der Waals surface area contributed by atoms with E-state index in [2.05, 4.69) is 4.90 Å². The number of hydrogen-bond donors (Lipinski definition) is 0. The Labute approximate surface area is 84.9 Å². The molecule has 1 heterocycles. The zero-order valence-corrected chi connectivity index (χ0v) is 9.12. The first-order chi connectivity index (χ1) is 6.50. The van der Waals surface area contributed by atoms with Crippen LogP contribution in [0.3, 0.4) is 0 Å². The lowest BCUT2D eigenvalue weighted by Crippen LogP contribution is -2.39. The van der Waals surface area contributed by atoms with Crippen molar-refractivity contribution in [2.45, 2.75) is 26.3 Å². The Bertz CT molecular complexity index is 240. The molecular formula is C10H18N2O2. The van der Waals surface area contributed by atoms with Gasteiger partial charge in [0.2, 0.25) is 5.91 Å². The van der Waals surface area contributed by atoms with E-state index in [4.69, 9.17) is 0 Å². The molecule has 1 saturated heterocycles. The Hall–Kier alpha value is -0.900. The molecule has 0 aromatic carbocycles. The molecular weight excluding hydrogens is 180 g/mol. The van der Waals surface area contributed by atoms with Crippen molar-refractivity contribution in [3.05, 3.63) is 0 Å². The van der Waals surface area contributed by atoms with Gasteiger partial charge in [-0.25, -0.2) is 0 Å². The summed E-state index contributed by atoms with van der Waals surface area (Å²) in [5, 5.41) is 0. The summed E-state index contributed by atoms with van der Waals surface area (Å²) < 4.78 is 0. The summed E-state index contributed by atoms with van der Waals surface area (Å²) in [5.74, 6) is 0.331. The molecule has 4 nitrogen and oxygen atoms in total. The summed E-state index contributed by atoms with van der Waals surface area (Å²) >= 11 is 0. The Morgan fingerprint density at radius 2 is 2.21 bits per heavy atom. The molecule has 4 heteroatoms. The highest BCUT2D eigenvalue weighted by Gasteiger charge is 2.23. The van der Waals surface area contributed by atoms with Gasteiger partial charge in [0.25, 0.3) is 0 Å². The molecule has 1 amide bonds. The van der Waals surface area contributed by atoms with Crippen LogP contribution < -0.4 is 0 Å². The third-order valence-corrected chi connectivity index (χ3v) is 2.67. The van der Waals surface area contributed by atoms with Gasteiger partial charge in [-0.2, -0.15) is 0 Å². The first kappa shape index (κ1) is 11.2. The molecule has 1 atom stereocenters. The van der Waals surface area contributed by atoms with Crippen LogP contribution >= 0.6 is 0 Å². The maximum atomic E-state index is 11.5. The minimum absolute atomic E-state index is 0.161. The molecule has 1 rings (SSSR count). The van der Waals surface area contributed by atoms with Gasteiger partial charge < -0.3 is 4.90 Å². The minimum Gasteiger partial charge on any atom is -0.342 e. The molecule has 14 heavy (non-hydrogen) atoms. The van der Waals surface area contributed by atoms with Gasteiger partial charge in [-0.15, -0.1) is 0 Å². The van der Waals surface area contributed by atoms with Gasteiger partial charge >= 0.3 is 0 Å². The summed E-state index contributed by atoms with van der Waals surface area (Å²) in [4.78, 5) is 26.2. The zero-order chi connectivity index (χ0) is 10.7. The standard InChI is InChI=1S/C10H18N2O2/c1-8-6-12(7-9(2)13)5-4-10(14)11(8)3/h8H,4-7H2,1-3H3. The Balaban J connectivity index is 2.58. The quantitative estimate of drug-likeness (QED) is 0.633. The smallest absolute Gasteiger partial charge is 0.223 e. The lowest BCUT2D eigenvalue weighted by atomic mass is 10.3. The summed E-state index contributed by atoms with van der Waals surface area (Å²) in [6.45, 7) is 5.55. The number of nitrogens with zero attached hydrogens (tertiary/aromatic N) is 2. The molecule has 0 bridgehead atoms. The van der Waals surface area contributed by atoms with Crippen molar-refractivity contribution in [3.8, 4) is 0 Å². The van der Waals surface area contributed by atoms with E-state index in [1.54, 1.807) is 11.8 Å². The third-order valence-electron chi connectivity index (χ3n) is 2.67. The largest absolute Gasteiger partial charge is 0.342 e. The molecule has 0 radical (unpaired) electrons. The fourth-order valence-electron chi connectivity index (χ4n) is 1.72. The maximum absolute atomic E-state index is 11.5. The van der Waals surface area contributed by atoms with E-state index < -0.39 is 0 Å². The van der Waals surface area contributed by atoms with Gasteiger partial charge in [0, 0.05) is 32.6 Å². The summed E-state index contributed by atoms with van der Waals surface area (Å²) in [6, 6.07) is 0.198. The van der Waals surface area contributed by atoms with E-state index in [9.17, 15) is 9.59 Å².